The molecule has 0 atom stereocenters. The molecule has 1 aliphatic carbocycles. The van der Waals surface area contributed by atoms with Crippen molar-refractivity contribution in [1.82, 2.24) is 15.2 Å². The zero-order valence-electron chi connectivity index (χ0n) is 15.9. The highest BCUT2D eigenvalue weighted by Crippen LogP contribution is 2.36. The van der Waals surface area contributed by atoms with E-state index in [-0.39, 0.29) is 5.91 Å². The highest BCUT2D eigenvalue weighted by molar-refractivity contribution is 7.18. The minimum absolute atomic E-state index is 0.0857. The van der Waals surface area contributed by atoms with Crippen molar-refractivity contribution in [3.8, 4) is 0 Å². The number of aromatic nitrogens is 1. The number of benzene rings is 1. The van der Waals surface area contributed by atoms with Crippen LogP contribution in [0, 0.1) is 6.92 Å². The van der Waals surface area contributed by atoms with E-state index in [9.17, 15) is 4.79 Å². The van der Waals surface area contributed by atoms with Crippen molar-refractivity contribution in [2.45, 2.75) is 64.3 Å². The van der Waals surface area contributed by atoms with E-state index in [1.54, 1.807) is 11.3 Å². The molecule has 0 bridgehead atoms. The Morgan fingerprint density at radius 1 is 1.23 bits per heavy atom. The topological polar surface area (TPSA) is 45.2 Å². The molecule has 1 N–H and O–H groups in total. The van der Waals surface area contributed by atoms with Crippen LogP contribution in [0.5, 0.6) is 0 Å². The van der Waals surface area contributed by atoms with Gasteiger partial charge in [0.25, 0.3) is 5.91 Å². The molecule has 2 aliphatic rings. The summed E-state index contributed by atoms with van der Waals surface area (Å²) in [5.41, 5.74) is 2.96. The van der Waals surface area contributed by atoms with Crippen molar-refractivity contribution in [3.05, 3.63) is 28.3 Å². The van der Waals surface area contributed by atoms with Gasteiger partial charge in [0, 0.05) is 17.5 Å². The lowest BCUT2D eigenvalue weighted by Crippen LogP contribution is -2.32. The first kappa shape index (κ1) is 17.9. The Morgan fingerprint density at radius 3 is 2.65 bits per heavy atom. The van der Waals surface area contributed by atoms with E-state index < -0.39 is 0 Å². The lowest BCUT2D eigenvalue weighted by molar-refractivity contribution is 0.0937. The molecule has 1 saturated heterocycles. The van der Waals surface area contributed by atoms with E-state index in [0.717, 1.165) is 36.0 Å². The number of fused-ring (bicyclic) bond motifs is 1. The summed E-state index contributed by atoms with van der Waals surface area (Å²) >= 11 is 1.80. The SMILES string of the molecule is CCN1CCC(c2nc3ccc(C(=O)NC4CCCC4)c(C)c3s2)CC1. The number of nitrogens with one attached hydrogen (secondary N) is 1. The van der Waals surface area contributed by atoms with E-state index >= 15 is 0 Å². The van der Waals surface area contributed by atoms with E-state index in [2.05, 4.69) is 24.1 Å². The van der Waals surface area contributed by atoms with E-state index in [0.29, 0.717) is 12.0 Å². The van der Waals surface area contributed by atoms with Crippen LogP contribution >= 0.6 is 11.3 Å². The van der Waals surface area contributed by atoms with Crippen LogP contribution in [0.25, 0.3) is 10.2 Å². The fourth-order valence-corrected chi connectivity index (χ4v) is 5.63. The number of amides is 1. The number of carbonyl (C=O) groups excluding carboxylic acids is 1. The van der Waals surface area contributed by atoms with Gasteiger partial charge in [-0.05, 0) is 69.9 Å². The smallest absolute Gasteiger partial charge is 0.251 e. The van der Waals surface area contributed by atoms with Crippen molar-refractivity contribution in [2.24, 2.45) is 0 Å². The Morgan fingerprint density at radius 2 is 1.96 bits per heavy atom. The molecule has 1 aliphatic heterocycles. The maximum atomic E-state index is 12.7. The normalized spacial score (nSPS) is 20.1. The van der Waals surface area contributed by atoms with Gasteiger partial charge in [-0.25, -0.2) is 4.98 Å². The summed E-state index contributed by atoms with van der Waals surface area (Å²) in [5, 5.41) is 4.48. The van der Waals surface area contributed by atoms with Crippen LogP contribution < -0.4 is 5.32 Å². The molecule has 2 heterocycles. The van der Waals surface area contributed by atoms with Gasteiger partial charge in [-0.15, -0.1) is 11.3 Å². The first-order valence-electron chi connectivity index (χ1n) is 10.1. The number of nitrogens with zero attached hydrogens (tertiary/aromatic N) is 2. The van der Waals surface area contributed by atoms with Crippen molar-refractivity contribution < 1.29 is 4.79 Å². The molecule has 4 nitrogen and oxygen atoms in total. The molecule has 2 aromatic rings. The number of hydrogen-bond acceptors (Lipinski definition) is 4. The van der Waals surface area contributed by atoms with E-state index in [1.807, 2.05) is 12.1 Å². The van der Waals surface area contributed by atoms with Crippen LogP contribution in [0.4, 0.5) is 0 Å². The van der Waals surface area contributed by atoms with Gasteiger partial charge in [0.2, 0.25) is 0 Å². The number of rotatable bonds is 4. The Balaban J connectivity index is 1.54. The van der Waals surface area contributed by atoms with Crippen LogP contribution in [0.3, 0.4) is 0 Å². The molecule has 5 heteroatoms. The first-order valence-corrected chi connectivity index (χ1v) is 10.9. The molecule has 1 saturated carbocycles. The van der Waals surface area contributed by atoms with Gasteiger partial charge >= 0.3 is 0 Å². The maximum absolute atomic E-state index is 12.7. The number of piperidine rings is 1. The molecule has 26 heavy (non-hydrogen) atoms. The predicted molar refractivity (Wildman–Crippen MR) is 108 cm³/mol. The van der Waals surface area contributed by atoms with Crippen molar-refractivity contribution >= 4 is 27.5 Å². The highest BCUT2D eigenvalue weighted by Gasteiger charge is 2.24. The molecule has 0 unspecified atom stereocenters. The van der Waals surface area contributed by atoms with Crippen LogP contribution in [0.2, 0.25) is 0 Å². The standard InChI is InChI=1S/C21H29N3OS/c1-3-24-12-10-15(11-13-24)21-23-18-9-8-17(14(2)19(18)26-21)20(25)22-16-6-4-5-7-16/h8-9,15-16H,3-7,10-13H2,1-2H3,(H,22,25). The zero-order chi connectivity index (χ0) is 18.1. The van der Waals surface area contributed by atoms with Gasteiger partial charge < -0.3 is 10.2 Å². The largest absolute Gasteiger partial charge is 0.349 e. The van der Waals surface area contributed by atoms with Crippen molar-refractivity contribution in [2.75, 3.05) is 19.6 Å². The van der Waals surface area contributed by atoms with Gasteiger partial charge in [0.05, 0.1) is 15.2 Å². The predicted octanol–water partition coefficient (Wildman–Crippen LogP) is 4.48. The molecule has 2 fully saturated rings. The Labute approximate surface area is 160 Å². The molecule has 4 rings (SSSR count). The average molecular weight is 372 g/mol. The Hall–Kier alpha value is -1.46. The third-order valence-electron chi connectivity index (χ3n) is 6.14. The molecular formula is C21H29N3OS. The minimum Gasteiger partial charge on any atom is -0.349 e. The summed E-state index contributed by atoms with van der Waals surface area (Å²) in [6, 6.07) is 4.36. The molecule has 1 aromatic heterocycles. The summed E-state index contributed by atoms with van der Waals surface area (Å²) in [4.78, 5) is 20.1. The quantitative estimate of drug-likeness (QED) is 0.862. The number of aryl methyl sites for hydroxylation is 1. The fraction of sp³-hybridized carbons (Fsp3) is 0.619. The third-order valence-corrected chi connectivity index (χ3v) is 7.49. The van der Waals surface area contributed by atoms with Crippen molar-refractivity contribution in [1.29, 1.82) is 0 Å². The lowest BCUT2D eigenvalue weighted by atomic mass is 9.97. The van der Waals surface area contributed by atoms with Crippen molar-refractivity contribution in [3.63, 3.8) is 0 Å². The van der Waals surface area contributed by atoms with Crippen LogP contribution in [-0.2, 0) is 0 Å². The van der Waals surface area contributed by atoms with Gasteiger partial charge in [-0.1, -0.05) is 19.8 Å². The van der Waals surface area contributed by atoms with Crippen LogP contribution in [0.15, 0.2) is 12.1 Å². The number of thiazole rings is 1. The Bertz CT molecular complexity index is 786. The lowest BCUT2D eigenvalue weighted by Gasteiger charge is -2.29. The summed E-state index contributed by atoms with van der Waals surface area (Å²) in [7, 11) is 0. The molecule has 140 valence electrons. The van der Waals surface area contributed by atoms with Gasteiger partial charge in [-0.2, -0.15) is 0 Å². The number of likely N-dealkylation sites (tertiary alicyclic amines) is 1. The van der Waals surface area contributed by atoms with E-state index in [1.165, 1.54) is 48.5 Å². The fourth-order valence-electron chi connectivity index (χ4n) is 4.39. The first-order chi connectivity index (χ1) is 12.7. The summed E-state index contributed by atoms with van der Waals surface area (Å²) in [6.07, 6.45) is 7.10. The van der Waals surface area contributed by atoms with E-state index in [4.69, 9.17) is 4.98 Å². The van der Waals surface area contributed by atoms with Gasteiger partial charge in [-0.3, -0.25) is 4.79 Å². The second-order valence-corrected chi connectivity index (χ2v) is 8.83. The summed E-state index contributed by atoms with van der Waals surface area (Å²) < 4.78 is 1.19. The molecule has 0 spiro atoms. The zero-order valence-corrected chi connectivity index (χ0v) is 16.7. The third kappa shape index (κ3) is 3.52. The highest BCUT2D eigenvalue weighted by atomic mass is 32.1. The molecular weight excluding hydrogens is 342 g/mol. The Kier molecular flexibility index (Phi) is 5.28. The molecule has 0 radical (unpaired) electrons. The monoisotopic (exact) mass is 371 g/mol. The summed E-state index contributed by atoms with van der Waals surface area (Å²) in [6.45, 7) is 7.80. The number of carbonyl (C=O) groups is 1. The van der Waals surface area contributed by atoms with Crippen LogP contribution in [-0.4, -0.2) is 41.5 Å². The minimum atomic E-state index is 0.0857. The maximum Gasteiger partial charge on any atom is 0.251 e. The molecule has 1 amide bonds. The van der Waals surface area contributed by atoms with Gasteiger partial charge in [0.1, 0.15) is 0 Å². The second-order valence-electron chi connectivity index (χ2n) is 7.80. The van der Waals surface area contributed by atoms with Gasteiger partial charge in [0.15, 0.2) is 0 Å². The average Bonchev–Trinajstić information content (AvgIpc) is 3.32. The number of hydrogen-bond donors (Lipinski definition) is 1. The molecule has 1 aromatic carbocycles. The van der Waals surface area contributed by atoms with Crippen LogP contribution in [0.1, 0.15) is 72.3 Å². The second kappa shape index (κ2) is 7.65. The summed E-state index contributed by atoms with van der Waals surface area (Å²) in [5.74, 6) is 0.660.